The van der Waals surface area contributed by atoms with Crippen molar-refractivity contribution in [3.8, 4) is 11.1 Å². The molecule has 0 bridgehead atoms. The zero-order chi connectivity index (χ0) is 19.3. The van der Waals surface area contributed by atoms with Gasteiger partial charge in [-0.2, -0.15) is 0 Å². The lowest BCUT2D eigenvalue weighted by molar-refractivity contribution is 0.0942. The highest BCUT2D eigenvalue weighted by molar-refractivity contribution is 5.93. The van der Waals surface area contributed by atoms with Gasteiger partial charge in [0.15, 0.2) is 0 Å². The van der Waals surface area contributed by atoms with Gasteiger partial charge in [-0.3, -0.25) is 14.8 Å². The van der Waals surface area contributed by atoms with Crippen molar-refractivity contribution < 1.29 is 9.90 Å². The van der Waals surface area contributed by atoms with Crippen LogP contribution in [0.2, 0.25) is 0 Å². The first-order valence-electron chi connectivity index (χ1n) is 8.93. The van der Waals surface area contributed by atoms with E-state index in [0.717, 1.165) is 27.7 Å². The Balaban J connectivity index is 1.49. The van der Waals surface area contributed by atoms with E-state index in [4.69, 9.17) is 0 Å². The van der Waals surface area contributed by atoms with E-state index in [1.54, 1.807) is 36.9 Å². The molecule has 7 nitrogen and oxygen atoms in total. The van der Waals surface area contributed by atoms with Crippen LogP contribution in [0.25, 0.3) is 22.2 Å². The summed E-state index contributed by atoms with van der Waals surface area (Å²) in [6.45, 7) is 0.214. The zero-order valence-electron chi connectivity index (χ0n) is 15.0. The second kappa shape index (κ2) is 7.98. The minimum absolute atomic E-state index is 0.0816. The van der Waals surface area contributed by atoms with Gasteiger partial charge in [-0.05, 0) is 41.5 Å². The van der Waals surface area contributed by atoms with Gasteiger partial charge in [-0.15, -0.1) is 0 Å². The number of aliphatic hydroxyl groups is 1. The number of aromatic nitrogens is 4. The Labute approximate surface area is 161 Å². The van der Waals surface area contributed by atoms with Crippen LogP contribution in [-0.2, 0) is 0 Å². The molecule has 28 heavy (non-hydrogen) atoms. The minimum Gasteiger partial charge on any atom is -0.396 e. The lowest BCUT2D eigenvalue weighted by atomic mass is 10.0. The Bertz CT molecular complexity index is 1090. The number of H-pyrrole nitrogens is 1. The molecule has 7 heteroatoms. The smallest absolute Gasteiger partial charge is 0.269 e. The summed E-state index contributed by atoms with van der Waals surface area (Å²) in [6, 6.07) is 11.2. The number of rotatable bonds is 6. The molecule has 1 amide bonds. The lowest BCUT2D eigenvalue weighted by Gasteiger charge is -2.15. The quantitative estimate of drug-likeness (QED) is 0.482. The fourth-order valence-corrected chi connectivity index (χ4v) is 3.04. The molecule has 1 unspecified atom stereocenters. The molecule has 0 spiro atoms. The fourth-order valence-electron chi connectivity index (χ4n) is 3.04. The molecule has 4 rings (SSSR count). The number of hydrogen-bond donors (Lipinski definition) is 3. The maximum absolute atomic E-state index is 12.6. The zero-order valence-corrected chi connectivity index (χ0v) is 15.0. The number of amides is 1. The Morgan fingerprint density at radius 3 is 2.86 bits per heavy atom. The Kier molecular flexibility index (Phi) is 5.07. The number of pyridine rings is 3. The van der Waals surface area contributed by atoms with E-state index in [9.17, 15) is 9.90 Å². The minimum atomic E-state index is -0.292. The van der Waals surface area contributed by atoms with Crippen molar-refractivity contribution in [1.82, 2.24) is 25.3 Å². The van der Waals surface area contributed by atoms with Crippen LogP contribution in [0.3, 0.4) is 0 Å². The normalized spacial score (nSPS) is 12.0. The van der Waals surface area contributed by atoms with Crippen molar-refractivity contribution in [2.75, 3.05) is 13.2 Å². The third-order valence-corrected chi connectivity index (χ3v) is 4.61. The highest BCUT2D eigenvalue weighted by Crippen LogP contribution is 2.22. The summed E-state index contributed by atoms with van der Waals surface area (Å²) in [5.41, 5.74) is 3.78. The number of hydrogen-bond acceptors (Lipinski definition) is 5. The van der Waals surface area contributed by atoms with Gasteiger partial charge in [-0.1, -0.05) is 6.07 Å². The molecule has 140 valence electrons. The van der Waals surface area contributed by atoms with Crippen molar-refractivity contribution in [3.63, 3.8) is 0 Å². The molecule has 0 aliphatic heterocycles. The number of carbonyl (C=O) groups excluding carboxylic acids is 1. The molecule has 4 heterocycles. The predicted molar refractivity (Wildman–Crippen MR) is 106 cm³/mol. The molecule has 4 aromatic rings. The topological polar surface area (TPSA) is 104 Å². The van der Waals surface area contributed by atoms with Gasteiger partial charge in [0.2, 0.25) is 0 Å². The van der Waals surface area contributed by atoms with Gasteiger partial charge in [0.05, 0.1) is 6.61 Å². The fraction of sp³-hybridized carbons (Fsp3) is 0.143. The van der Waals surface area contributed by atoms with Crippen LogP contribution in [0, 0.1) is 0 Å². The van der Waals surface area contributed by atoms with Crippen LogP contribution in [0.1, 0.15) is 22.0 Å². The molecular weight excluding hydrogens is 354 g/mol. The molecule has 1 atom stereocenters. The van der Waals surface area contributed by atoms with E-state index < -0.39 is 0 Å². The average Bonchev–Trinajstić information content (AvgIpc) is 3.23. The number of fused-ring (bicyclic) bond motifs is 1. The number of carbonyl (C=O) groups is 1. The number of aliphatic hydroxyl groups excluding tert-OH is 1. The third-order valence-electron chi connectivity index (χ3n) is 4.61. The Morgan fingerprint density at radius 1 is 1.11 bits per heavy atom. The molecule has 0 saturated heterocycles. The van der Waals surface area contributed by atoms with Crippen LogP contribution in [0.4, 0.5) is 0 Å². The van der Waals surface area contributed by atoms with E-state index in [2.05, 4.69) is 25.3 Å². The van der Waals surface area contributed by atoms with E-state index in [0.29, 0.717) is 12.2 Å². The van der Waals surface area contributed by atoms with Gasteiger partial charge in [0.25, 0.3) is 5.91 Å². The lowest BCUT2D eigenvalue weighted by Crippen LogP contribution is -2.30. The van der Waals surface area contributed by atoms with Gasteiger partial charge < -0.3 is 15.4 Å². The van der Waals surface area contributed by atoms with E-state index in [-0.39, 0.29) is 18.4 Å². The molecule has 0 radical (unpaired) electrons. The Morgan fingerprint density at radius 2 is 2.04 bits per heavy atom. The summed E-state index contributed by atoms with van der Waals surface area (Å²) in [5.74, 6) is -0.513. The summed E-state index contributed by atoms with van der Waals surface area (Å²) in [7, 11) is 0. The van der Waals surface area contributed by atoms with Gasteiger partial charge in [0, 0.05) is 54.4 Å². The summed E-state index contributed by atoms with van der Waals surface area (Å²) in [5, 5.41) is 13.5. The second-order valence-electron chi connectivity index (χ2n) is 6.45. The van der Waals surface area contributed by atoms with Gasteiger partial charge in [0.1, 0.15) is 11.3 Å². The first kappa shape index (κ1) is 17.8. The SMILES string of the molecule is O=C(NCC(CO)c1cccnc1)c1cc(-c2cnc3[nH]ccc3c2)ccn1. The molecule has 0 aliphatic carbocycles. The van der Waals surface area contributed by atoms with Crippen molar-refractivity contribution in [1.29, 1.82) is 0 Å². The van der Waals surface area contributed by atoms with Crippen molar-refractivity contribution >= 4 is 16.9 Å². The molecule has 0 aliphatic rings. The third kappa shape index (κ3) is 3.74. The highest BCUT2D eigenvalue weighted by atomic mass is 16.3. The van der Waals surface area contributed by atoms with Crippen molar-refractivity contribution in [2.24, 2.45) is 0 Å². The standard InChI is InChI=1S/C21H19N5O2/c27-13-18(16-2-1-5-22-10-16)12-26-21(28)19-9-14(3-6-23-19)17-8-15-4-7-24-20(15)25-11-17/h1-11,18,27H,12-13H2,(H,24,25)(H,26,28). The first-order chi connectivity index (χ1) is 13.7. The van der Waals surface area contributed by atoms with E-state index in [1.807, 2.05) is 30.5 Å². The molecule has 0 saturated carbocycles. The van der Waals surface area contributed by atoms with Crippen LogP contribution in [0.15, 0.2) is 67.4 Å². The molecule has 0 aromatic carbocycles. The molecule has 4 aromatic heterocycles. The maximum Gasteiger partial charge on any atom is 0.269 e. The summed E-state index contributed by atoms with van der Waals surface area (Å²) >= 11 is 0. The molecule has 0 fully saturated rings. The average molecular weight is 373 g/mol. The van der Waals surface area contributed by atoms with Gasteiger partial charge >= 0.3 is 0 Å². The van der Waals surface area contributed by atoms with E-state index in [1.165, 1.54) is 0 Å². The van der Waals surface area contributed by atoms with Crippen molar-refractivity contribution in [2.45, 2.75) is 5.92 Å². The second-order valence-corrected chi connectivity index (χ2v) is 6.45. The van der Waals surface area contributed by atoms with E-state index >= 15 is 0 Å². The van der Waals surface area contributed by atoms with Crippen LogP contribution in [0.5, 0.6) is 0 Å². The highest BCUT2D eigenvalue weighted by Gasteiger charge is 2.14. The van der Waals surface area contributed by atoms with Crippen LogP contribution < -0.4 is 5.32 Å². The number of nitrogens with one attached hydrogen (secondary N) is 2. The largest absolute Gasteiger partial charge is 0.396 e. The maximum atomic E-state index is 12.6. The summed E-state index contributed by atoms with van der Waals surface area (Å²) < 4.78 is 0. The van der Waals surface area contributed by atoms with Gasteiger partial charge in [-0.25, -0.2) is 4.98 Å². The van der Waals surface area contributed by atoms with Crippen LogP contribution in [-0.4, -0.2) is 44.1 Å². The van der Waals surface area contributed by atoms with Crippen molar-refractivity contribution in [3.05, 3.63) is 78.6 Å². The predicted octanol–water partition coefficient (Wildman–Crippen LogP) is 2.53. The summed E-state index contributed by atoms with van der Waals surface area (Å²) in [6.07, 6.45) is 8.57. The summed E-state index contributed by atoms with van der Waals surface area (Å²) in [4.78, 5) is 28.2. The molecular formula is C21H19N5O2. The first-order valence-corrected chi connectivity index (χ1v) is 8.93. The Hall–Kier alpha value is -3.58. The number of aromatic amines is 1. The van der Waals surface area contributed by atoms with Crippen LogP contribution >= 0.6 is 0 Å². The monoisotopic (exact) mass is 373 g/mol. The molecule has 3 N–H and O–H groups in total. The number of nitrogens with zero attached hydrogens (tertiary/aromatic N) is 3.